The van der Waals surface area contributed by atoms with Gasteiger partial charge in [0.15, 0.2) is 0 Å². The van der Waals surface area contributed by atoms with E-state index in [2.05, 4.69) is 10.2 Å². The Bertz CT molecular complexity index is 245. The topological polar surface area (TPSA) is 67.6 Å². The van der Waals surface area contributed by atoms with Crippen LogP contribution in [-0.2, 0) is 9.53 Å². The molecule has 1 heterocycles. The third-order valence-electron chi connectivity index (χ3n) is 3.05. The van der Waals surface area contributed by atoms with E-state index in [1.807, 2.05) is 20.8 Å². The van der Waals surface area contributed by atoms with Crippen molar-refractivity contribution < 1.29 is 9.53 Å². The highest BCUT2D eigenvalue weighted by Crippen LogP contribution is 2.16. The first kappa shape index (κ1) is 14.4. The number of nitrogens with one attached hydrogen (secondary N) is 1. The fraction of sp³-hybridized carbons (Fsp3) is 0.917. The molecule has 0 radical (unpaired) electrons. The van der Waals surface area contributed by atoms with Crippen molar-refractivity contribution in [3.05, 3.63) is 0 Å². The fourth-order valence-corrected chi connectivity index (χ4v) is 1.67. The predicted octanol–water partition coefficient (Wildman–Crippen LogP) is -0.192. The first-order valence-corrected chi connectivity index (χ1v) is 6.24. The molecular weight excluding hydrogens is 218 g/mol. The summed E-state index contributed by atoms with van der Waals surface area (Å²) in [5.74, 6) is -0.0641. The van der Waals surface area contributed by atoms with Crippen LogP contribution in [0.5, 0.6) is 0 Å². The standard InChI is InChI=1S/C12H25N3O2/c1-12(2,3)10(13)11(16)14-4-5-15-6-8-17-9-7-15/h10H,4-9,13H2,1-3H3,(H,14,16)/t10-/m1/s1. The van der Waals surface area contributed by atoms with E-state index in [-0.39, 0.29) is 11.3 Å². The molecule has 0 aromatic heterocycles. The molecule has 1 aliphatic rings. The van der Waals surface area contributed by atoms with Crippen molar-refractivity contribution in [1.82, 2.24) is 10.2 Å². The molecule has 100 valence electrons. The van der Waals surface area contributed by atoms with Crippen molar-refractivity contribution in [2.75, 3.05) is 39.4 Å². The van der Waals surface area contributed by atoms with Crippen molar-refractivity contribution in [2.45, 2.75) is 26.8 Å². The average Bonchev–Trinajstić information content (AvgIpc) is 2.28. The van der Waals surface area contributed by atoms with Gasteiger partial charge in [0.2, 0.25) is 5.91 Å². The van der Waals surface area contributed by atoms with Gasteiger partial charge in [-0.3, -0.25) is 9.69 Å². The zero-order chi connectivity index (χ0) is 12.9. The molecule has 1 saturated heterocycles. The van der Waals surface area contributed by atoms with Gasteiger partial charge in [0.05, 0.1) is 19.3 Å². The Morgan fingerprint density at radius 3 is 2.53 bits per heavy atom. The number of morpholine rings is 1. The third kappa shape index (κ3) is 5.02. The molecule has 0 bridgehead atoms. The SMILES string of the molecule is CC(C)(C)[C@H](N)C(=O)NCCN1CCOCC1. The molecule has 0 spiro atoms. The van der Waals surface area contributed by atoms with Gasteiger partial charge in [-0.2, -0.15) is 0 Å². The first-order valence-electron chi connectivity index (χ1n) is 6.24. The number of nitrogens with two attached hydrogens (primary N) is 1. The summed E-state index contributed by atoms with van der Waals surface area (Å²) in [7, 11) is 0. The predicted molar refractivity (Wildman–Crippen MR) is 67.7 cm³/mol. The average molecular weight is 243 g/mol. The number of carbonyl (C=O) groups is 1. The maximum absolute atomic E-state index is 11.8. The maximum atomic E-state index is 11.8. The molecule has 0 aromatic rings. The summed E-state index contributed by atoms with van der Waals surface area (Å²) in [4.78, 5) is 14.0. The lowest BCUT2D eigenvalue weighted by molar-refractivity contribution is -0.124. The first-order chi connectivity index (χ1) is 7.91. The number of amides is 1. The number of nitrogens with zero attached hydrogens (tertiary/aromatic N) is 1. The minimum atomic E-state index is -0.452. The molecule has 1 atom stereocenters. The number of hydrogen-bond acceptors (Lipinski definition) is 4. The van der Waals surface area contributed by atoms with Crippen LogP contribution >= 0.6 is 0 Å². The van der Waals surface area contributed by atoms with Crippen molar-refractivity contribution in [2.24, 2.45) is 11.1 Å². The van der Waals surface area contributed by atoms with Crippen LogP contribution < -0.4 is 11.1 Å². The third-order valence-corrected chi connectivity index (χ3v) is 3.05. The summed E-state index contributed by atoms with van der Waals surface area (Å²) in [6.07, 6.45) is 0. The number of hydrogen-bond donors (Lipinski definition) is 2. The second kappa shape index (κ2) is 6.33. The lowest BCUT2D eigenvalue weighted by Gasteiger charge is -2.28. The van der Waals surface area contributed by atoms with Crippen molar-refractivity contribution in [1.29, 1.82) is 0 Å². The van der Waals surface area contributed by atoms with Crippen LogP contribution in [0.2, 0.25) is 0 Å². The van der Waals surface area contributed by atoms with Crippen molar-refractivity contribution in [3.8, 4) is 0 Å². The van der Waals surface area contributed by atoms with E-state index in [1.165, 1.54) is 0 Å². The molecule has 5 heteroatoms. The fourth-order valence-electron chi connectivity index (χ4n) is 1.67. The van der Waals surface area contributed by atoms with Gasteiger partial charge in [0, 0.05) is 26.2 Å². The number of rotatable bonds is 4. The second-order valence-corrected chi connectivity index (χ2v) is 5.59. The van der Waals surface area contributed by atoms with Gasteiger partial charge in [0.25, 0.3) is 0 Å². The highest BCUT2D eigenvalue weighted by atomic mass is 16.5. The maximum Gasteiger partial charge on any atom is 0.237 e. The van der Waals surface area contributed by atoms with Gasteiger partial charge >= 0.3 is 0 Å². The summed E-state index contributed by atoms with van der Waals surface area (Å²) < 4.78 is 5.26. The molecule has 1 aliphatic heterocycles. The van der Waals surface area contributed by atoms with Crippen LogP contribution in [0.4, 0.5) is 0 Å². The van der Waals surface area contributed by atoms with E-state index in [4.69, 9.17) is 10.5 Å². The highest BCUT2D eigenvalue weighted by molar-refractivity contribution is 5.82. The molecule has 0 unspecified atom stereocenters. The monoisotopic (exact) mass is 243 g/mol. The smallest absolute Gasteiger partial charge is 0.237 e. The Hall–Kier alpha value is -0.650. The Labute approximate surface area is 104 Å². The lowest BCUT2D eigenvalue weighted by atomic mass is 9.87. The second-order valence-electron chi connectivity index (χ2n) is 5.59. The summed E-state index contributed by atoms with van der Waals surface area (Å²) in [5, 5.41) is 2.89. The molecule has 1 fully saturated rings. The molecule has 0 aromatic carbocycles. The largest absolute Gasteiger partial charge is 0.379 e. The van der Waals surface area contributed by atoms with Crippen LogP contribution in [0.3, 0.4) is 0 Å². The number of ether oxygens (including phenoxy) is 1. The Morgan fingerprint density at radius 2 is 2.00 bits per heavy atom. The molecule has 1 rings (SSSR count). The van der Waals surface area contributed by atoms with Crippen LogP contribution in [0.25, 0.3) is 0 Å². The molecule has 5 nitrogen and oxygen atoms in total. The summed E-state index contributed by atoms with van der Waals surface area (Å²) in [5.41, 5.74) is 5.68. The van der Waals surface area contributed by atoms with Crippen molar-refractivity contribution >= 4 is 5.91 Å². The zero-order valence-corrected chi connectivity index (χ0v) is 11.2. The Morgan fingerprint density at radius 1 is 1.41 bits per heavy atom. The van der Waals surface area contributed by atoms with Gasteiger partial charge in [-0.25, -0.2) is 0 Å². The molecule has 3 N–H and O–H groups in total. The Kier molecular flexibility index (Phi) is 5.36. The van der Waals surface area contributed by atoms with E-state index in [9.17, 15) is 4.79 Å². The molecule has 0 aliphatic carbocycles. The molecule has 1 amide bonds. The van der Waals surface area contributed by atoms with E-state index in [1.54, 1.807) is 0 Å². The molecule has 17 heavy (non-hydrogen) atoms. The quantitative estimate of drug-likeness (QED) is 0.718. The highest BCUT2D eigenvalue weighted by Gasteiger charge is 2.27. The normalized spacial score (nSPS) is 20.0. The zero-order valence-electron chi connectivity index (χ0n) is 11.2. The van der Waals surface area contributed by atoms with Crippen LogP contribution in [0.1, 0.15) is 20.8 Å². The van der Waals surface area contributed by atoms with Gasteiger partial charge in [-0.1, -0.05) is 20.8 Å². The van der Waals surface area contributed by atoms with Crippen LogP contribution in [0.15, 0.2) is 0 Å². The Balaban J connectivity index is 2.19. The summed E-state index contributed by atoms with van der Waals surface area (Å²) in [6.45, 7) is 10.9. The summed E-state index contributed by atoms with van der Waals surface area (Å²) >= 11 is 0. The van der Waals surface area contributed by atoms with Crippen molar-refractivity contribution in [3.63, 3.8) is 0 Å². The van der Waals surface area contributed by atoms with Crippen LogP contribution in [0, 0.1) is 5.41 Å². The van der Waals surface area contributed by atoms with E-state index in [0.717, 1.165) is 32.8 Å². The van der Waals surface area contributed by atoms with Gasteiger partial charge in [0.1, 0.15) is 0 Å². The van der Waals surface area contributed by atoms with Gasteiger partial charge in [-0.05, 0) is 5.41 Å². The van der Waals surface area contributed by atoms with Crippen LogP contribution in [-0.4, -0.2) is 56.2 Å². The van der Waals surface area contributed by atoms with Gasteiger partial charge < -0.3 is 15.8 Å². The van der Waals surface area contributed by atoms with E-state index >= 15 is 0 Å². The number of carbonyl (C=O) groups excluding carboxylic acids is 1. The summed E-state index contributed by atoms with van der Waals surface area (Å²) in [6, 6.07) is -0.452. The minimum absolute atomic E-state index is 0.0641. The molecule has 0 saturated carbocycles. The van der Waals surface area contributed by atoms with E-state index in [0.29, 0.717) is 6.54 Å². The minimum Gasteiger partial charge on any atom is -0.379 e. The van der Waals surface area contributed by atoms with E-state index < -0.39 is 6.04 Å². The lowest BCUT2D eigenvalue weighted by Crippen LogP contribution is -2.50. The molecular formula is C12H25N3O2. The van der Waals surface area contributed by atoms with Gasteiger partial charge in [-0.15, -0.1) is 0 Å².